The Bertz CT molecular complexity index is 129. The summed E-state index contributed by atoms with van der Waals surface area (Å²) in [4.78, 5) is 9.98. The molecule has 0 aromatic heterocycles. The summed E-state index contributed by atoms with van der Waals surface area (Å²) in [5.74, 6) is 0. The predicted molar refractivity (Wildman–Crippen MR) is 36.9 cm³/mol. The largest absolute Gasteiger partial charge is 1.00 e. The fourth-order valence-electron chi connectivity index (χ4n) is 1.10. The van der Waals surface area contributed by atoms with Gasteiger partial charge < -0.3 is 4.79 Å². The number of allylic oxidation sites excluding steroid dienone is 2. The number of carbonyl (C=O) groups is 1. The molecule has 2 heteroatoms. The molecule has 0 fully saturated rings. The van der Waals surface area contributed by atoms with Gasteiger partial charge in [-0.1, -0.05) is 19.3 Å². The van der Waals surface area contributed by atoms with Gasteiger partial charge in [0.05, 0.1) is 6.29 Å². The van der Waals surface area contributed by atoms with E-state index >= 15 is 0 Å². The first kappa shape index (κ1) is 11.1. The van der Waals surface area contributed by atoms with Crippen molar-refractivity contribution in [1.29, 1.82) is 0 Å². The Kier molecular flexibility index (Phi) is 7.51. The van der Waals surface area contributed by atoms with Gasteiger partial charge in [-0.25, -0.2) is 11.6 Å². The maximum Gasteiger partial charge on any atom is 1.00 e. The van der Waals surface area contributed by atoms with Gasteiger partial charge in [0.2, 0.25) is 0 Å². The molecule has 0 bridgehead atoms. The number of hydrogen-bond donors (Lipinski definition) is 0. The van der Waals surface area contributed by atoms with Crippen molar-refractivity contribution in [1.82, 2.24) is 0 Å². The van der Waals surface area contributed by atoms with Crippen LogP contribution in [0.15, 0.2) is 11.6 Å². The first-order valence-electron chi connectivity index (χ1n) is 3.41. The Hall–Kier alpha value is 1.09. The van der Waals surface area contributed by atoms with Crippen LogP contribution in [0.4, 0.5) is 0 Å². The zero-order chi connectivity index (χ0) is 6.53. The van der Waals surface area contributed by atoms with Crippen LogP contribution in [-0.2, 0) is 4.79 Å². The molecule has 1 aliphatic rings. The van der Waals surface area contributed by atoms with Gasteiger partial charge in [-0.3, -0.25) is 0 Å². The first-order valence-corrected chi connectivity index (χ1v) is 3.41. The summed E-state index contributed by atoms with van der Waals surface area (Å²) in [5.41, 5.74) is 1.22. The minimum absolute atomic E-state index is 0. The van der Waals surface area contributed by atoms with E-state index in [1.807, 2.05) is 0 Å². The smallest absolute Gasteiger partial charge is 0.320 e. The minimum atomic E-state index is 0. The van der Waals surface area contributed by atoms with Crippen molar-refractivity contribution < 1.29 is 63.0 Å². The van der Waals surface area contributed by atoms with Crippen molar-refractivity contribution in [3.05, 3.63) is 18.1 Å². The third-order valence-corrected chi connectivity index (χ3v) is 1.61. The van der Waals surface area contributed by atoms with Crippen LogP contribution in [-0.4, -0.2) is 6.29 Å². The quantitative estimate of drug-likeness (QED) is 0.416. The molecule has 0 unspecified atom stereocenters. The van der Waals surface area contributed by atoms with E-state index in [2.05, 4.69) is 6.08 Å². The Morgan fingerprint density at radius 2 is 2.30 bits per heavy atom. The van der Waals surface area contributed by atoms with Crippen LogP contribution in [0.5, 0.6) is 0 Å². The zero-order valence-electron chi connectivity index (χ0n) is 6.47. The third kappa shape index (κ3) is 4.07. The van der Waals surface area contributed by atoms with Crippen LogP contribution in [0.3, 0.4) is 0 Å². The molecule has 0 atom stereocenters. The van der Waals surface area contributed by atoms with E-state index in [9.17, 15) is 4.79 Å². The van der Waals surface area contributed by atoms with Gasteiger partial charge in [0.1, 0.15) is 0 Å². The van der Waals surface area contributed by atoms with Gasteiger partial charge in [-0.2, -0.15) is 6.42 Å². The Balaban J connectivity index is 0.000000810. The number of rotatable bonds is 2. The Labute approximate surface area is 111 Å². The Morgan fingerprint density at radius 1 is 1.50 bits per heavy atom. The molecule has 10 heavy (non-hydrogen) atoms. The summed E-state index contributed by atoms with van der Waals surface area (Å²) in [7, 11) is 0. The molecule has 1 nitrogen and oxygen atoms in total. The van der Waals surface area contributed by atoms with Crippen molar-refractivity contribution in [3.8, 4) is 0 Å². The van der Waals surface area contributed by atoms with Crippen LogP contribution in [0.25, 0.3) is 0 Å². The molecule has 0 aromatic rings. The number of carbonyl (C=O) groups excluding carboxylic acids is 1. The topological polar surface area (TPSA) is 17.1 Å². The second kappa shape index (κ2) is 6.77. The van der Waals surface area contributed by atoms with Crippen LogP contribution in [0, 0.1) is 6.42 Å². The van der Waals surface area contributed by atoms with Crippen LogP contribution in [0.1, 0.15) is 25.7 Å². The van der Waals surface area contributed by atoms with Crippen LogP contribution < -0.4 is 58.2 Å². The number of aldehydes is 1. The third-order valence-electron chi connectivity index (χ3n) is 1.61. The summed E-state index contributed by atoms with van der Waals surface area (Å²) in [5, 5.41) is 0. The van der Waals surface area contributed by atoms with E-state index in [0.29, 0.717) is 0 Å². The fourth-order valence-corrected chi connectivity index (χ4v) is 1.10. The van der Waals surface area contributed by atoms with Crippen molar-refractivity contribution >= 4 is 6.29 Å². The summed E-state index contributed by atoms with van der Waals surface area (Å²) in [6.45, 7) is 0. The molecule has 1 rings (SSSR count). The van der Waals surface area contributed by atoms with Crippen molar-refractivity contribution in [3.63, 3.8) is 0 Å². The van der Waals surface area contributed by atoms with E-state index in [0.717, 1.165) is 19.1 Å². The second-order valence-electron chi connectivity index (χ2n) is 2.33. The van der Waals surface area contributed by atoms with Crippen molar-refractivity contribution in [2.45, 2.75) is 25.7 Å². The van der Waals surface area contributed by atoms with E-state index in [1.54, 1.807) is 6.42 Å². The van der Waals surface area contributed by atoms with E-state index < -0.39 is 0 Å². The molecule has 0 aliphatic heterocycles. The summed E-state index contributed by atoms with van der Waals surface area (Å²) >= 11 is 0. The van der Waals surface area contributed by atoms with Gasteiger partial charge >= 0.3 is 58.2 Å². The van der Waals surface area contributed by atoms with Crippen molar-refractivity contribution in [2.75, 3.05) is 0 Å². The standard InChI is InChI=1S/C8H11O.Rb/c9-7-6-8-4-2-1-3-5-8;/h4,6-7H,1-3,5H2;/q-1;+1. The SMILES string of the molecule is O=C[CH-]C1=CCCCC1.[Rb+]. The minimum Gasteiger partial charge on any atom is -0.320 e. The van der Waals surface area contributed by atoms with Crippen LogP contribution in [0.2, 0.25) is 0 Å². The monoisotopic (exact) mass is 208 g/mol. The molecule has 0 saturated heterocycles. The normalized spacial score (nSPS) is 16.6. The molecule has 0 saturated carbocycles. The molecule has 1 aliphatic carbocycles. The predicted octanol–water partition coefficient (Wildman–Crippen LogP) is -1.11. The molecule has 0 aromatic carbocycles. The molecule has 50 valence electrons. The van der Waals surface area contributed by atoms with Gasteiger partial charge in [-0.05, 0) is 0 Å². The fraction of sp³-hybridized carbons (Fsp3) is 0.500. The summed E-state index contributed by atoms with van der Waals surface area (Å²) < 4.78 is 0. The molecular formula is C8H11ORb. The zero-order valence-corrected chi connectivity index (χ0v) is 11.4. The van der Waals surface area contributed by atoms with Gasteiger partial charge in [0, 0.05) is 0 Å². The molecule has 0 N–H and O–H groups in total. The second-order valence-corrected chi connectivity index (χ2v) is 2.33. The maximum absolute atomic E-state index is 9.98. The maximum atomic E-state index is 9.98. The van der Waals surface area contributed by atoms with E-state index in [-0.39, 0.29) is 58.2 Å². The van der Waals surface area contributed by atoms with E-state index in [1.165, 1.54) is 18.4 Å². The van der Waals surface area contributed by atoms with Crippen LogP contribution >= 0.6 is 0 Å². The first-order chi connectivity index (χ1) is 4.43. The van der Waals surface area contributed by atoms with E-state index in [4.69, 9.17) is 0 Å². The van der Waals surface area contributed by atoms with Gasteiger partial charge in [-0.15, -0.1) is 6.42 Å². The van der Waals surface area contributed by atoms with Crippen molar-refractivity contribution in [2.24, 2.45) is 0 Å². The molecule has 0 spiro atoms. The molecular weight excluding hydrogens is 198 g/mol. The molecule has 0 amide bonds. The molecule has 0 heterocycles. The molecule has 0 radical (unpaired) electrons. The average Bonchev–Trinajstić information content (AvgIpc) is 1.91. The summed E-state index contributed by atoms with van der Waals surface area (Å²) in [6.07, 6.45) is 9.47. The average molecular weight is 209 g/mol. The Morgan fingerprint density at radius 3 is 2.80 bits per heavy atom. The number of hydrogen-bond acceptors (Lipinski definition) is 1. The van der Waals surface area contributed by atoms with Gasteiger partial charge in [0.15, 0.2) is 0 Å². The van der Waals surface area contributed by atoms with Gasteiger partial charge in [0.25, 0.3) is 0 Å². The summed E-state index contributed by atoms with van der Waals surface area (Å²) in [6, 6.07) is 0.